The van der Waals surface area contributed by atoms with Crippen molar-refractivity contribution >= 4 is 39.1 Å². The van der Waals surface area contributed by atoms with Crippen LogP contribution in [0.15, 0.2) is 90.4 Å². The highest BCUT2D eigenvalue weighted by atomic mass is 35.5. The Morgan fingerprint density at radius 3 is 2.48 bits per heavy atom. The minimum atomic E-state index is -0.258. The van der Waals surface area contributed by atoms with Gasteiger partial charge in [-0.3, -0.25) is 4.79 Å². The number of aromatic nitrogens is 1. The van der Waals surface area contributed by atoms with Gasteiger partial charge in [0.1, 0.15) is 0 Å². The van der Waals surface area contributed by atoms with Crippen LogP contribution in [0.5, 0.6) is 0 Å². The second kappa shape index (κ2) is 8.60. The number of hydrogen-bond acceptors (Lipinski definition) is 2. The maximum absolute atomic E-state index is 12.8. The summed E-state index contributed by atoms with van der Waals surface area (Å²) in [6.45, 7) is 4.39. The molecule has 0 fully saturated rings. The summed E-state index contributed by atoms with van der Waals surface area (Å²) >= 11 is 7.56. The van der Waals surface area contributed by atoms with E-state index in [0.717, 1.165) is 22.2 Å². The topological polar surface area (TPSA) is 34.4 Å². The predicted molar refractivity (Wildman–Crippen MR) is 121 cm³/mol. The molecule has 144 valence electrons. The lowest BCUT2D eigenvalue weighted by Gasteiger charge is -2.03. The summed E-state index contributed by atoms with van der Waals surface area (Å²) in [5.74, 6) is -0.258. The molecule has 0 aliphatic carbocycles. The Balaban J connectivity index is 1.64. The van der Waals surface area contributed by atoms with Crippen molar-refractivity contribution in [1.82, 2.24) is 4.57 Å². The van der Waals surface area contributed by atoms with Gasteiger partial charge >= 0.3 is 0 Å². The van der Waals surface area contributed by atoms with E-state index < -0.39 is 0 Å². The van der Waals surface area contributed by atoms with E-state index in [1.165, 1.54) is 16.9 Å². The number of carbonyl (C=O) groups is 1. The number of benzene rings is 3. The molecule has 0 N–H and O–H groups in total. The van der Waals surface area contributed by atoms with Gasteiger partial charge in [-0.15, -0.1) is 6.58 Å². The summed E-state index contributed by atoms with van der Waals surface area (Å²) in [7, 11) is 0. The zero-order valence-corrected chi connectivity index (χ0v) is 17.3. The summed E-state index contributed by atoms with van der Waals surface area (Å²) in [6.07, 6.45) is 2.63. The lowest BCUT2D eigenvalue weighted by molar-refractivity contribution is 0.0998. The van der Waals surface area contributed by atoms with Gasteiger partial charge in [-0.05, 0) is 47.9 Å². The number of thiazole rings is 1. The molecule has 0 atom stereocenters. The number of amides is 1. The first kappa shape index (κ1) is 19.4. The van der Waals surface area contributed by atoms with Crippen molar-refractivity contribution in [3.63, 3.8) is 0 Å². The molecule has 0 spiro atoms. The van der Waals surface area contributed by atoms with E-state index in [1.54, 1.807) is 6.08 Å². The van der Waals surface area contributed by atoms with Crippen LogP contribution in [-0.2, 0) is 13.0 Å². The van der Waals surface area contributed by atoms with E-state index in [-0.39, 0.29) is 5.91 Å². The van der Waals surface area contributed by atoms with Crippen LogP contribution in [0, 0.1) is 0 Å². The summed E-state index contributed by atoms with van der Waals surface area (Å²) in [5, 5.41) is 0.663. The van der Waals surface area contributed by atoms with Gasteiger partial charge in [-0.1, -0.05) is 71.5 Å². The van der Waals surface area contributed by atoms with Crippen LogP contribution in [0.3, 0.4) is 0 Å². The number of nitrogens with zero attached hydrogens (tertiary/aromatic N) is 2. The van der Waals surface area contributed by atoms with Crippen LogP contribution in [-0.4, -0.2) is 10.5 Å². The van der Waals surface area contributed by atoms with Gasteiger partial charge < -0.3 is 4.57 Å². The Kier molecular flexibility index (Phi) is 5.74. The largest absolute Gasteiger partial charge is 0.312 e. The molecule has 0 radical (unpaired) electrons. The fraction of sp³-hybridized carbons (Fsp3) is 0.0833. The first-order chi connectivity index (χ1) is 14.1. The summed E-state index contributed by atoms with van der Waals surface area (Å²) < 4.78 is 2.97. The summed E-state index contributed by atoms with van der Waals surface area (Å²) in [6, 6.07) is 23.6. The van der Waals surface area contributed by atoms with Gasteiger partial charge in [0.15, 0.2) is 4.80 Å². The zero-order chi connectivity index (χ0) is 20.2. The minimum Gasteiger partial charge on any atom is -0.312 e. The number of rotatable bonds is 5. The normalized spacial score (nSPS) is 11.7. The number of halogens is 1. The van der Waals surface area contributed by atoms with E-state index >= 15 is 0 Å². The first-order valence-electron chi connectivity index (χ1n) is 9.26. The molecule has 0 aliphatic heterocycles. The average Bonchev–Trinajstić information content (AvgIpc) is 3.05. The van der Waals surface area contributed by atoms with Crippen LogP contribution in [0.25, 0.3) is 10.2 Å². The number of fused-ring (bicyclic) bond motifs is 1. The molecule has 3 aromatic carbocycles. The summed E-state index contributed by atoms with van der Waals surface area (Å²) in [4.78, 5) is 17.8. The highest BCUT2D eigenvalue weighted by molar-refractivity contribution is 7.16. The molecule has 3 nitrogen and oxygen atoms in total. The van der Waals surface area contributed by atoms with Crippen molar-refractivity contribution in [2.24, 2.45) is 4.99 Å². The third kappa shape index (κ3) is 4.39. The minimum absolute atomic E-state index is 0.258. The Morgan fingerprint density at radius 1 is 1.03 bits per heavy atom. The maximum atomic E-state index is 12.8. The summed E-state index contributed by atoms with van der Waals surface area (Å²) in [5.41, 5.74) is 3.96. The van der Waals surface area contributed by atoms with E-state index in [1.807, 2.05) is 65.2 Å². The molecule has 29 heavy (non-hydrogen) atoms. The quantitative estimate of drug-likeness (QED) is 0.373. The molecule has 4 aromatic rings. The average molecular weight is 419 g/mol. The van der Waals surface area contributed by atoms with Crippen LogP contribution in [0.1, 0.15) is 21.5 Å². The monoisotopic (exact) mass is 418 g/mol. The SMILES string of the molecule is C=CCn1c(=NC(=O)c2ccc(Cc3ccccc3)cc2)sc2cc(Cl)ccc21. The molecule has 0 bridgehead atoms. The Hall–Kier alpha value is -2.95. The Bertz CT molecular complexity index is 1240. The molecule has 1 amide bonds. The maximum Gasteiger partial charge on any atom is 0.279 e. The van der Waals surface area contributed by atoms with Crippen LogP contribution in [0.4, 0.5) is 0 Å². The molecule has 0 saturated heterocycles. The van der Waals surface area contributed by atoms with E-state index in [4.69, 9.17) is 11.6 Å². The molecule has 0 saturated carbocycles. The zero-order valence-electron chi connectivity index (χ0n) is 15.7. The fourth-order valence-electron chi connectivity index (χ4n) is 3.19. The lowest BCUT2D eigenvalue weighted by Crippen LogP contribution is -2.16. The highest BCUT2D eigenvalue weighted by Crippen LogP contribution is 2.22. The van der Waals surface area contributed by atoms with E-state index in [0.29, 0.717) is 21.9 Å². The predicted octanol–water partition coefficient (Wildman–Crippen LogP) is 5.87. The molecule has 1 aromatic heterocycles. The molecule has 1 heterocycles. The van der Waals surface area contributed by atoms with Crippen molar-refractivity contribution < 1.29 is 4.79 Å². The number of hydrogen-bond donors (Lipinski definition) is 0. The molecule has 5 heteroatoms. The third-order valence-electron chi connectivity index (χ3n) is 4.61. The number of carbonyl (C=O) groups excluding carboxylic acids is 1. The van der Waals surface area contributed by atoms with Crippen molar-refractivity contribution in [1.29, 1.82) is 0 Å². The molecule has 0 unspecified atom stereocenters. The van der Waals surface area contributed by atoms with Crippen LogP contribution >= 0.6 is 22.9 Å². The first-order valence-corrected chi connectivity index (χ1v) is 10.5. The Labute approximate surface area is 178 Å². The third-order valence-corrected chi connectivity index (χ3v) is 5.88. The number of allylic oxidation sites excluding steroid dienone is 1. The van der Waals surface area contributed by atoms with Gasteiger partial charge in [0.25, 0.3) is 5.91 Å². The van der Waals surface area contributed by atoms with Crippen molar-refractivity contribution in [2.75, 3.05) is 0 Å². The molecule has 4 rings (SSSR count). The van der Waals surface area contributed by atoms with Gasteiger partial charge in [0.05, 0.1) is 10.2 Å². The highest BCUT2D eigenvalue weighted by Gasteiger charge is 2.09. The van der Waals surface area contributed by atoms with Crippen LogP contribution in [0.2, 0.25) is 5.02 Å². The Morgan fingerprint density at radius 2 is 1.76 bits per heavy atom. The smallest absolute Gasteiger partial charge is 0.279 e. The van der Waals surface area contributed by atoms with Gasteiger partial charge in [0.2, 0.25) is 0 Å². The second-order valence-corrected chi connectivity index (χ2v) is 8.12. The lowest BCUT2D eigenvalue weighted by atomic mass is 10.0. The van der Waals surface area contributed by atoms with Gasteiger partial charge in [0, 0.05) is 17.1 Å². The molecular weight excluding hydrogens is 400 g/mol. The fourth-order valence-corrected chi connectivity index (χ4v) is 4.50. The second-order valence-electron chi connectivity index (χ2n) is 6.67. The molecular formula is C24H19ClN2OS. The van der Waals surface area contributed by atoms with Crippen molar-refractivity contribution in [3.8, 4) is 0 Å². The molecule has 0 aliphatic rings. The van der Waals surface area contributed by atoms with E-state index in [9.17, 15) is 4.79 Å². The van der Waals surface area contributed by atoms with Gasteiger partial charge in [-0.25, -0.2) is 0 Å². The van der Waals surface area contributed by atoms with Crippen molar-refractivity contribution in [2.45, 2.75) is 13.0 Å². The van der Waals surface area contributed by atoms with E-state index in [2.05, 4.69) is 23.7 Å². The van der Waals surface area contributed by atoms with Gasteiger partial charge in [-0.2, -0.15) is 4.99 Å². The standard InChI is InChI=1S/C24H19ClN2OS/c1-2-14-27-21-13-12-20(25)16-22(21)29-24(27)26-23(28)19-10-8-18(9-11-19)15-17-6-4-3-5-7-17/h2-13,16H,1,14-15H2. The van der Waals surface area contributed by atoms with Crippen molar-refractivity contribution in [3.05, 3.63) is 112 Å². The van der Waals surface area contributed by atoms with Crippen LogP contribution < -0.4 is 4.80 Å².